The van der Waals surface area contributed by atoms with Crippen LogP contribution < -0.4 is 0 Å². The molecule has 6 aromatic rings. The van der Waals surface area contributed by atoms with Gasteiger partial charge in [-0.15, -0.1) is 69.1 Å². The van der Waals surface area contributed by atoms with Crippen LogP contribution in [0.3, 0.4) is 0 Å². The molecule has 0 aliphatic rings. The van der Waals surface area contributed by atoms with E-state index >= 15 is 0 Å². The molecule has 0 saturated heterocycles. The topological polar surface area (TPSA) is 26.3 Å². The maximum atomic E-state index is 5.50. The predicted octanol–water partition coefficient (Wildman–Crippen LogP) is 12.0. The number of rotatable bonds is 4. The third-order valence-corrected chi connectivity index (χ3v) is 6.45. The number of hydrogen-bond acceptors (Lipinski definition) is 2. The summed E-state index contributed by atoms with van der Waals surface area (Å²) in [5.74, 6) is 3.01. The van der Waals surface area contributed by atoms with E-state index in [9.17, 15) is 0 Å². The maximum absolute atomic E-state index is 5.50. The zero-order chi connectivity index (χ0) is 29.1. The summed E-state index contributed by atoms with van der Waals surface area (Å²) in [7, 11) is 11.0. The van der Waals surface area contributed by atoms with Crippen molar-refractivity contribution in [3.05, 3.63) is 109 Å². The summed E-state index contributed by atoms with van der Waals surface area (Å²) in [6, 6.07) is 29.7. The first-order chi connectivity index (χ1) is 19.3. The second-order valence-corrected chi connectivity index (χ2v) is 14.8. The van der Waals surface area contributed by atoms with E-state index in [2.05, 4.69) is 101 Å². The Labute approximate surface area is 259 Å². The molecule has 4 aromatic carbocycles. The number of furan rings is 2. The average molecular weight is 667 g/mol. The van der Waals surface area contributed by atoms with E-state index in [1.165, 1.54) is 43.8 Å². The van der Waals surface area contributed by atoms with Crippen LogP contribution in [0.4, 0.5) is 0 Å². The molecule has 0 amide bonds. The van der Waals surface area contributed by atoms with Crippen molar-refractivity contribution < 1.29 is 29.7 Å². The number of fused-ring (bicyclic) bond motifs is 2. The minimum absolute atomic E-state index is 0.562. The normalized spacial score (nSPS) is 10.4. The summed E-state index contributed by atoms with van der Waals surface area (Å²) in [4.78, 5) is 0. The SMILES string of the molecule is CC(C)c1cc2c(-c3ccco3)cccc2[cH-]1.CC(C)c1cc2c(-c3ccco3)cccc2[cH-]1.C[Si]C.[Cl][Zr+2][Cl]. The molecule has 0 atom stereocenters. The molecule has 2 heterocycles. The number of benzene rings is 2. The van der Waals surface area contributed by atoms with Crippen LogP contribution in [0.25, 0.3) is 44.2 Å². The Bertz CT molecular complexity index is 1430. The minimum atomic E-state index is -0.826. The third-order valence-electron chi connectivity index (χ3n) is 6.45. The van der Waals surface area contributed by atoms with Crippen molar-refractivity contribution in [1.29, 1.82) is 0 Å². The van der Waals surface area contributed by atoms with E-state index < -0.39 is 20.8 Å². The molecule has 0 aliphatic carbocycles. The van der Waals surface area contributed by atoms with E-state index in [1.54, 1.807) is 12.5 Å². The van der Waals surface area contributed by atoms with Crippen molar-refractivity contribution in [2.75, 3.05) is 0 Å². The fourth-order valence-corrected chi connectivity index (χ4v) is 4.48. The second kappa shape index (κ2) is 16.4. The van der Waals surface area contributed by atoms with Crippen LogP contribution in [0.1, 0.15) is 50.7 Å². The van der Waals surface area contributed by atoms with E-state index in [4.69, 9.17) is 25.9 Å². The van der Waals surface area contributed by atoms with Gasteiger partial charge in [-0.1, -0.05) is 52.9 Å². The fourth-order valence-electron chi connectivity index (χ4n) is 4.48. The first-order valence-corrected chi connectivity index (χ1v) is 21.7. The Kier molecular flexibility index (Phi) is 13.3. The molecule has 2 nitrogen and oxygen atoms in total. The van der Waals surface area contributed by atoms with Gasteiger partial charge in [0.25, 0.3) is 0 Å². The number of hydrogen-bond donors (Lipinski definition) is 0. The summed E-state index contributed by atoms with van der Waals surface area (Å²) in [6.45, 7) is 13.2. The van der Waals surface area contributed by atoms with E-state index in [1.807, 2.05) is 24.3 Å². The zero-order valence-corrected chi connectivity index (χ0v) is 28.9. The Morgan fingerprint density at radius 3 is 1.32 bits per heavy atom. The molecule has 6 rings (SSSR count). The van der Waals surface area contributed by atoms with Gasteiger partial charge < -0.3 is 8.83 Å². The van der Waals surface area contributed by atoms with Gasteiger partial charge >= 0.3 is 37.9 Å². The van der Waals surface area contributed by atoms with Crippen LogP contribution in [0.15, 0.2) is 106 Å². The number of halogens is 2. The van der Waals surface area contributed by atoms with Crippen molar-refractivity contribution in [3.8, 4) is 22.6 Å². The molecule has 0 bridgehead atoms. The van der Waals surface area contributed by atoms with Crippen LogP contribution >= 0.6 is 17.0 Å². The summed E-state index contributed by atoms with van der Waals surface area (Å²) in [5.41, 5.74) is 5.14. The van der Waals surface area contributed by atoms with Gasteiger partial charge in [0.05, 0.1) is 12.5 Å². The van der Waals surface area contributed by atoms with Crippen LogP contribution in [0.5, 0.6) is 0 Å². The molecule has 6 heteroatoms. The van der Waals surface area contributed by atoms with Crippen LogP contribution in [-0.4, -0.2) is 9.52 Å². The van der Waals surface area contributed by atoms with Crippen LogP contribution in [0.2, 0.25) is 13.1 Å². The van der Waals surface area contributed by atoms with Crippen LogP contribution in [-0.2, 0) is 20.8 Å². The van der Waals surface area contributed by atoms with Gasteiger partial charge in [-0.25, -0.2) is 0 Å². The van der Waals surface area contributed by atoms with E-state index in [0.29, 0.717) is 11.8 Å². The Balaban J connectivity index is 0.000000185. The quantitative estimate of drug-likeness (QED) is 0.138. The molecule has 40 heavy (non-hydrogen) atoms. The summed E-state index contributed by atoms with van der Waals surface area (Å²) in [6.07, 6.45) is 3.45. The molecule has 0 saturated carbocycles. The van der Waals surface area contributed by atoms with Crippen molar-refractivity contribution >= 4 is 48.1 Å². The predicted molar refractivity (Wildman–Crippen MR) is 172 cm³/mol. The van der Waals surface area contributed by atoms with Gasteiger partial charge in [-0.3, -0.25) is 0 Å². The van der Waals surface area contributed by atoms with Crippen molar-refractivity contribution in [2.24, 2.45) is 0 Å². The van der Waals surface area contributed by atoms with Gasteiger partial charge in [-0.2, -0.15) is 12.1 Å². The fraction of sp³-hybridized carbons (Fsp3) is 0.235. The third kappa shape index (κ3) is 8.46. The van der Waals surface area contributed by atoms with E-state index in [0.717, 1.165) is 21.0 Å². The Morgan fingerprint density at radius 1 is 0.650 bits per heavy atom. The Morgan fingerprint density at radius 2 is 1.02 bits per heavy atom. The van der Waals surface area contributed by atoms with Crippen molar-refractivity contribution in [3.63, 3.8) is 0 Å². The molecule has 0 spiro atoms. The molecule has 0 aliphatic heterocycles. The first-order valence-electron chi connectivity index (χ1n) is 13.4. The summed E-state index contributed by atoms with van der Waals surface area (Å²) < 4.78 is 11.0. The van der Waals surface area contributed by atoms with Crippen molar-refractivity contribution in [1.82, 2.24) is 0 Å². The van der Waals surface area contributed by atoms with Gasteiger partial charge in [0.15, 0.2) is 0 Å². The van der Waals surface area contributed by atoms with Gasteiger partial charge in [0.1, 0.15) is 11.5 Å². The molecule has 0 N–H and O–H groups in total. The van der Waals surface area contributed by atoms with Crippen LogP contribution in [0, 0.1) is 0 Å². The van der Waals surface area contributed by atoms with Gasteiger partial charge in [0, 0.05) is 9.52 Å². The zero-order valence-electron chi connectivity index (χ0n) is 24.0. The molecule has 2 aromatic heterocycles. The summed E-state index contributed by atoms with van der Waals surface area (Å²) >= 11 is -0.826. The standard InChI is InChI=1S/2C16H15O.C2H6Si.2ClH.Zr/c2*1-11(2)13-9-12-5-3-6-14(15(12)10-13)16-7-4-8-17-16;1-3-2;;;/h2*3-11H,1-2H3;1-2H3;2*1H;/q2*-1;;;;+4/p-2. The molecule has 0 fully saturated rings. The molecule has 0 unspecified atom stereocenters. The second-order valence-electron chi connectivity index (χ2n) is 10.0. The Hall–Kier alpha value is -2.10. The first kappa shape index (κ1) is 32.4. The van der Waals surface area contributed by atoms with Gasteiger partial charge in [0.2, 0.25) is 0 Å². The average Bonchev–Trinajstić information content (AvgIpc) is 3.75. The summed E-state index contributed by atoms with van der Waals surface area (Å²) in [5, 5.41) is 5.16. The molecule has 2 radical (unpaired) electrons. The van der Waals surface area contributed by atoms with E-state index in [-0.39, 0.29) is 0 Å². The van der Waals surface area contributed by atoms with Crippen molar-refractivity contribution in [2.45, 2.75) is 52.6 Å². The molecular weight excluding hydrogens is 631 g/mol. The molecule has 206 valence electrons. The molecular formula is C34H36Cl2O2SiZr. The monoisotopic (exact) mass is 664 g/mol. The van der Waals surface area contributed by atoms with Gasteiger partial charge in [-0.05, 0) is 47.2 Å².